The predicted octanol–water partition coefficient (Wildman–Crippen LogP) is 2.35. The van der Waals surface area contributed by atoms with Crippen LogP contribution in [0.5, 0.6) is 5.75 Å². The van der Waals surface area contributed by atoms with E-state index < -0.39 is 6.61 Å². The number of aliphatic hydroxyl groups is 1. The molecule has 1 rings (SSSR count). The number of hydrogen-bond acceptors (Lipinski definition) is 3. The van der Waals surface area contributed by atoms with Crippen LogP contribution in [0.4, 0.5) is 8.78 Å². The summed E-state index contributed by atoms with van der Waals surface area (Å²) < 4.78 is 28.3. The summed E-state index contributed by atoms with van der Waals surface area (Å²) in [4.78, 5) is 11.9. The highest BCUT2D eigenvalue weighted by molar-refractivity contribution is 5.78. The largest absolute Gasteiger partial charge is 0.435 e. The SMILES string of the molecule is CC(C)C(CCO)NC(=O)Cc1ccc(OC(F)F)cc1. The van der Waals surface area contributed by atoms with E-state index in [9.17, 15) is 13.6 Å². The standard InChI is InChI=1S/C15H21F2NO3/c1-10(2)13(7-8-19)18-14(20)9-11-3-5-12(6-4-11)21-15(16)17/h3-6,10,13,15,19H,7-9H2,1-2H3,(H,18,20). The second-order valence-corrected chi connectivity index (χ2v) is 5.13. The Balaban J connectivity index is 2.54. The van der Waals surface area contributed by atoms with Gasteiger partial charge in [-0.2, -0.15) is 8.78 Å². The lowest BCUT2D eigenvalue weighted by Crippen LogP contribution is -2.40. The lowest BCUT2D eigenvalue weighted by Gasteiger charge is -2.21. The molecule has 1 atom stereocenters. The molecule has 0 fully saturated rings. The summed E-state index contributed by atoms with van der Waals surface area (Å²) in [6.45, 7) is 1.10. The maximum Gasteiger partial charge on any atom is 0.387 e. The summed E-state index contributed by atoms with van der Waals surface area (Å²) in [6.07, 6.45) is 0.661. The topological polar surface area (TPSA) is 58.6 Å². The molecule has 2 N–H and O–H groups in total. The van der Waals surface area contributed by atoms with Crippen molar-refractivity contribution in [2.45, 2.75) is 39.3 Å². The van der Waals surface area contributed by atoms with E-state index in [4.69, 9.17) is 5.11 Å². The number of benzene rings is 1. The van der Waals surface area contributed by atoms with Crippen molar-refractivity contribution in [2.24, 2.45) is 5.92 Å². The molecule has 1 aromatic carbocycles. The second-order valence-electron chi connectivity index (χ2n) is 5.13. The van der Waals surface area contributed by atoms with Crippen molar-refractivity contribution in [1.82, 2.24) is 5.32 Å². The van der Waals surface area contributed by atoms with Crippen molar-refractivity contribution in [2.75, 3.05) is 6.61 Å². The average molecular weight is 301 g/mol. The van der Waals surface area contributed by atoms with Gasteiger partial charge in [-0.25, -0.2) is 0 Å². The molecule has 1 amide bonds. The zero-order valence-corrected chi connectivity index (χ0v) is 12.2. The Morgan fingerprint density at radius 2 is 1.90 bits per heavy atom. The van der Waals surface area contributed by atoms with Crippen LogP contribution in [0.3, 0.4) is 0 Å². The van der Waals surface area contributed by atoms with Crippen molar-refractivity contribution < 1.29 is 23.4 Å². The minimum absolute atomic E-state index is 0.0167. The Kier molecular flexibility index (Phi) is 7.08. The number of nitrogens with one attached hydrogen (secondary N) is 1. The molecule has 0 heterocycles. The Labute approximate surface area is 123 Å². The maximum atomic E-state index is 12.0. The van der Waals surface area contributed by atoms with Crippen LogP contribution >= 0.6 is 0 Å². The lowest BCUT2D eigenvalue weighted by molar-refractivity contribution is -0.121. The first kappa shape index (κ1) is 17.4. The van der Waals surface area contributed by atoms with Crippen molar-refractivity contribution in [1.29, 1.82) is 0 Å². The second kappa shape index (κ2) is 8.56. The van der Waals surface area contributed by atoms with E-state index in [1.165, 1.54) is 12.1 Å². The highest BCUT2D eigenvalue weighted by atomic mass is 19.3. The fourth-order valence-electron chi connectivity index (χ4n) is 1.94. The van der Waals surface area contributed by atoms with Crippen molar-refractivity contribution in [3.63, 3.8) is 0 Å². The molecular weight excluding hydrogens is 280 g/mol. The third-order valence-corrected chi connectivity index (χ3v) is 3.10. The molecule has 0 aliphatic heterocycles. The van der Waals surface area contributed by atoms with Crippen LogP contribution in [0.15, 0.2) is 24.3 Å². The third kappa shape index (κ3) is 6.53. The van der Waals surface area contributed by atoms with Crippen LogP contribution < -0.4 is 10.1 Å². The van der Waals surface area contributed by atoms with E-state index in [0.29, 0.717) is 12.0 Å². The van der Waals surface area contributed by atoms with Gasteiger partial charge in [0, 0.05) is 12.6 Å². The summed E-state index contributed by atoms with van der Waals surface area (Å²) in [6, 6.07) is 5.88. The molecule has 0 aromatic heterocycles. The van der Waals surface area contributed by atoms with Gasteiger partial charge in [-0.1, -0.05) is 26.0 Å². The molecule has 1 aromatic rings. The number of carbonyl (C=O) groups excluding carboxylic acids is 1. The Bertz CT molecular complexity index is 435. The highest BCUT2D eigenvalue weighted by Crippen LogP contribution is 2.15. The fraction of sp³-hybridized carbons (Fsp3) is 0.533. The number of rotatable bonds is 8. The molecule has 1 unspecified atom stereocenters. The molecule has 4 nitrogen and oxygen atoms in total. The van der Waals surface area contributed by atoms with Crippen LogP contribution in [0.1, 0.15) is 25.8 Å². The molecule has 0 aliphatic carbocycles. The van der Waals surface area contributed by atoms with E-state index in [1.54, 1.807) is 12.1 Å². The van der Waals surface area contributed by atoms with Crippen molar-refractivity contribution in [3.05, 3.63) is 29.8 Å². The third-order valence-electron chi connectivity index (χ3n) is 3.10. The zero-order valence-electron chi connectivity index (χ0n) is 12.2. The van der Waals surface area contributed by atoms with Crippen LogP contribution in [0.25, 0.3) is 0 Å². The molecule has 0 saturated heterocycles. The van der Waals surface area contributed by atoms with E-state index >= 15 is 0 Å². The lowest BCUT2D eigenvalue weighted by atomic mass is 10.0. The molecule has 0 saturated carbocycles. The van der Waals surface area contributed by atoms with Gasteiger partial charge in [0.25, 0.3) is 0 Å². The molecule has 21 heavy (non-hydrogen) atoms. The van der Waals surface area contributed by atoms with Gasteiger partial charge in [-0.3, -0.25) is 4.79 Å². The maximum absolute atomic E-state index is 12.0. The Hall–Kier alpha value is -1.69. The van der Waals surface area contributed by atoms with Crippen LogP contribution in [0.2, 0.25) is 0 Å². The average Bonchev–Trinajstić information content (AvgIpc) is 2.40. The first-order valence-electron chi connectivity index (χ1n) is 6.86. The van der Waals surface area contributed by atoms with Crippen LogP contribution in [-0.4, -0.2) is 30.3 Å². The molecular formula is C15H21F2NO3. The minimum atomic E-state index is -2.86. The summed E-state index contributed by atoms with van der Waals surface area (Å²) >= 11 is 0. The van der Waals surface area contributed by atoms with E-state index in [1.807, 2.05) is 13.8 Å². The molecule has 6 heteroatoms. The summed E-state index contributed by atoms with van der Waals surface area (Å²) in [5.41, 5.74) is 0.709. The van der Waals surface area contributed by atoms with Gasteiger partial charge in [0.05, 0.1) is 6.42 Å². The first-order chi connectivity index (χ1) is 9.92. The monoisotopic (exact) mass is 301 g/mol. The zero-order chi connectivity index (χ0) is 15.8. The number of aliphatic hydroxyl groups excluding tert-OH is 1. The van der Waals surface area contributed by atoms with Gasteiger partial charge in [-0.05, 0) is 30.0 Å². The molecule has 0 bridgehead atoms. The number of ether oxygens (including phenoxy) is 1. The molecule has 0 radical (unpaired) electrons. The number of hydrogen-bond donors (Lipinski definition) is 2. The van der Waals surface area contributed by atoms with Gasteiger partial charge in [0.15, 0.2) is 0 Å². The highest BCUT2D eigenvalue weighted by Gasteiger charge is 2.15. The number of carbonyl (C=O) groups is 1. The smallest absolute Gasteiger partial charge is 0.387 e. The summed E-state index contributed by atoms with van der Waals surface area (Å²) in [5, 5.41) is 11.8. The summed E-state index contributed by atoms with van der Waals surface area (Å²) in [7, 11) is 0. The summed E-state index contributed by atoms with van der Waals surface area (Å²) in [5.74, 6) is 0.127. The van der Waals surface area contributed by atoms with Gasteiger partial charge >= 0.3 is 6.61 Å². The minimum Gasteiger partial charge on any atom is -0.435 e. The molecule has 0 aliphatic rings. The van der Waals surface area contributed by atoms with Gasteiger partial charge in [0.1, 0.15) is 5.75 Å². The van der Waals surface area contributed by atoms with Crippen LogP contribution in [-0.2, 0) is 11.2 Å². The van der Waals surface area contributed by atoms with Gasteiger partial charge in [-0.15, -0.1) is 0 Å². The Morgan fingerprint density at radius 3 is 2.38 bits per heavy atom. The van der Waals surface area contributed by atoms with Crippen molar-refractivity contribution >= 4 is 5.91 Å². The van der Waals surface area contributed by atoms with Gasteiger partial charge < -0.3 is 15.2 Å². The van der Waals surface area contributed by atoms with Crippen molar-refractivity contribution in [3.8, 4) is 5.75 Å². The molecule has 0 spiro atoms. The molecule has 118 valence electrons. The predicted molar refractivity (Wildman–Crippen MR) is 75.2 cm³/mol. The number of amides is 1. The van der Waals surface area contributed by atoms with Crippen LogP contribution in [0, 0.1) is 5.92 Å². The van der Waals surface area contributed by atoms with E-state index in [2.05, 4.69) is 10.1 Å². The van der Waals surface area contributed by atoms with E-state index in [-0.39, 0.29) is 36.6 Å². The fourth-order valence-corrected chi connectivity index (χ4v) is 1.94. The first-order valence-corrected chi connectivity index (χ1v) is 6.86. The van der Waals surface area contributed by atoms with E-state index in [0.717, 1.165) is 0 Å². The Morgan fingerprint density at radius 1 is 1.29 bits per heavy atom. The van der Waals surface area contributed by atoms with Gasteiger partial charge in [0.2, 0.25) is 5.91 Å². The number of halogens is 2. The number of alkyl halides is 2. The quantitative estimate of drug-likeness (QED) is 0.775. The normalized spacial score (nSPS) is 12.5.